The molecule has 122 valence electrons. The second-order valence-corrected chi connectivity index (χ2v) is 5.38. The van der Waals surface area contributed by atoms with Crippen LogP contribution in [-0.4, -0.2) is 63.3 Å². The van der Waals surface area contributed by atoms with Crippen LogP contribution >= 0.6 is 12.4 Å². The largest absolute Gasteiger partial charge is 0.493 e. The van der Waals surface area contributed by atoms with E-state index in [2.05, 4.69) is 28.7 Å². The Kier molecular flexibility index (Phi) is 8.11. The number of benzene rings is 1. The molecule has 1 aromatic rings. The second-order valence-electron chi connectivity index (χ2n) is 5.38. The topological polar surface area (TPSA) is 24.9 Å². The maximum atomic E-state index is 5.66. The molecule has 0 unspecified atom stereocenters. The molecule has 1 aliphatic heterocycles. The third kappa shape index (κ3) is 5.76. The summed E-state index contributed by atoms with van der Waals surface area (Å²) in [7, 11) is 3.81. The molecule has 5 heteroatoms. The second kappa shape index (κ2) is 9.58. The summed E-state index contributed by atoms with van der Waals surface area (Å²) in [5.41, 5.74) is 1.15. The van der Waals surface area contributed by atoms with Crippen molar-refractivity contribution in [1.82, 2.24) is 9.80 Å². The highest BCUT2D eigenvalue weighted by Gasteiger charge is 2.11. The Morgan fingerprint density at radius 1 is 1.09 bits per heavy atom. The van der Waals surface area contributed by atoms with Crippen LogP contribution < -0.4 is 9.47 Å². The first kappa shape index (κ1) is 18.6. The van der Waals surface area contributed by atoms with Gasteiger partial charge in [-0.05, 0) is 31.7 Å². The normalized spacial score (nSPS) is 15.4. The average molecular weight is 325 g/mol. The summed E-state index contributed by atoms with van der Waals surface area (Å²) >= 11 is 0. The van der Waals surface area contributed by atoms with Crippen molar-refractivity contribution in [2.45, 2.75) is 6.92 Å². The summed E-state index contributed by atoms with van der Waals surface area (Å²) in [6.45, 7) is 7.69. The quantitative estimate of drug-likeness (QED) is 0.792. The summed E-state index contributed by atoms with van der Waals surface area (Å²) < 4.78 is 11.0. The van der Waals surface area contributed by atoms with Gasteiger partial charge in [0.25, 0.3) is 0 Å². The number of nitrogens with zero attached hydrogens (tertiary/aromatic N) is 2. The Morgan fingerprint density at radius 2 is 1.82 bits per heavy atom. The molecule has 0 amide bonds. The van der Waals surface area contributed by atoms with Gasteiger partial charge in [-0.15, -0.1) is 12.4 Å². The molecule has 1 fully saturated rings. The number of hydrogen-bond acceptors (Lipinski definition) is 4. The van der Waals surface area contributed by atoms with E-state index in [9.17, 15) is 0 Å². The minimum absolute atomic E-state index is 0. The van der Waals surface area contributed by atoms with Crippen molar-refractivity contribution in [3.05, 3.63) is 23.8 Å². The maximum Gasteiger partial charge on any atom is 0.162 e. The smallest absolute Gasteiger partial charge is 0.162 e. The van der Waals surface area contributed by atoms with Gasteiger partial charge < -0.3 is 14.4 Å². The van der Waals surface area contributed by atoms with Crippen molar-refractivity contribution < 1.29 is 9.47 Å². The van der Waals surface area contributed by atoms with Crippen molar-refractivity contribution in [1.29, 1.82) is 0 Å². The monoisotopic (exact) mass is 324 g/mol. The zero-order valence-electron chi connectivity index (χ0n) is 13.6. The highest BCUT2D eigenvalue weighted by atomic mass is 35.5. The van der Waals surface area contributed by atoms with Crippen molar-refractivity contribution in [3.63, 3.8) is 0 Å². The number of halogens is 1. The number of likely N-dealkylation sites (N-methyl/N-ethyl adjacent to an activating group) is 1. The fraction of sp³-hybridized carbons (Fsp3) is 0.529. The molecule has 4 nitrogen and oxygen atoms in total. The van der Waals surface area contributed by atoms with E-state index >= 15 is 0 Å². The predicted molar refractivity (Wildman–Crippen MR) is 92.2 cm³/mol. The number of hydrogen-bond donors (Lipinski definition) is 0. The molecule has 22 heavy (non-hydrogen) atoms. The lowest BCUT2D eigenvalue weighted by atomic mass is 10.2. The minimum atomic E-state index is 0. The number of aryl methyl sites for hydroxylation is 1. The Morgan fingerprint density at radius 3 is 2.50 bits per heavy atom. The molecule has 0 saturated carbocycles. The van der Waals surface area contributed by atoms with E-state index in [0.29, 0.717) is 6.61 Å². The molecule has 1 aromatic carbocycles. The third-order valence-corrected chi connectivity index (χ3v) is 3.64. The molecule has 0 bridgehead atoms. The highest BCUT2D eigenvalue weighted by Crippen LogP contribution is 2.27. The molecular formula is C17H25ClN2O2. The molecule has 0 spiro atoms. The maximum absolute atomic E-state index is 5.66. The standard InChI is InChI=1S/C17H24N2O2.ClH/c1-15-6-7-16(17(14-15)20-3)21-13-5-4-8-19-11-9-18(2)10-12-19;/h6-7,14H,8-13H2,1-3H3;1H. The zero-order chi connectivity index (χ0) is 15.1. The fourth-order valence-corrected chi connectivity index (χ4v) is 2.23. The summed E-state index contributed by atoms with van der Waals surface area (Å²) in [6.07, 6.45) is 0. The van der Waals surface area contributed by atoms with E-state index in [4.69, 9.17) is 9.47 Å². The highest BCUT2D eigenvalue weighted by molar-refractivity contribution is 5.85. The zero-order valence-corrected chi connectivity index (χ0v) is 14.4. The van der Waals surface area contributed by atoms with Gasteiger partial charge in [0.1, 0.15) is 6.61 Å². The molecule has 1 heterocycles. The third-order valence-electron chi connectivity index (χ3n) is 3.64. The number of rotatable bonds is 4. The van der Waals surface area contributed by atoms with Gasteiger partial charge in [0, 0.05) is 26.2 Å². The van der Waals surface area contributed by atoms with E-state index in [1.165, 1.54) is 0 Å². The molecule has 0 aromatic heterocycles. The van der Waals surface area contributed by atoms with Gasteiger partial charge in [0.15, 0.2) is 11.5 Å². The number of ether oxygens (including phenoxy) is 2. The van der Waals surface area contributed by atoms with Crippen molar-refractivity contribution >= 4 is 12.4 Å². The van der Waals surface area contributed by atoms with Crippen LogP contribution in [0.5, 0.6) is 11.5 Å². The molecule has 1 aliphatic rings. The van der Waals surface area contributed by atoms with Crippen LogP contribution in [0.4, 0.5) is 0 Å². The van der Waals surface area contributed by atoms with Crippen LogP contribution in [-0.2, 0) is 0 Å². The molecular weight excluding hydrogens is 300 g/mol. The molecule has 0 atom stereocenters. The molecule has 1 saturated heterocycles. The summed E-state index contributed by atoms with van der Waals surface area (Å²) in [4.78, 5) is 4.72. The van der Waals surface area contributed by atoms with Crippen LogP contribution in [0, 0.1) is 18.8 Å². The molecule has 0 aliphatic carbocycles. The summed E-state index contributed by atoms with van der Waals surface area (Å²) in [5, 5.41) is 0. The van der Waals surface area contributed by atoms with Gasteiger partial charge in [-0.25, -0.2) is 0 Å². The van der Waals surface area contributed by atoms with Gasteiger partial charge in [-0.2, -0.15) is 0 Å². The number of methoxy groups -OCH3 is 1. The Labute approximate surface area is 139 Å². The Hall–Kier alpha value is -1.41. The van der Waals surface area contributed by atoms with E-state index in [0.717, 1.165) is 49.8 Å². The van der Waals surface area contributed by atoms with E-state index in [-0.39, 0.29) is 12.4 Å². The first-order chi connectivity index (χ1) is 10.2. The lowest BCUT2D eigenvalue weighted by Crippen LogP contribution is -2.44. The van der Waals surface area contributed by atoms with Gasteiger partial charge >= 0.3 is 0 Å². The van der Waals surface area contributed by atoms with Gasteiger partial charge in [-0.1, -0.05) is 17.9 Å². The van der Waals surface area contributed by atoms with Crippen LogP contribution in [0.2, 0.25) is 0 Å². The van der Waals surface area contributed by atoms with Crippen molar-refractivity contribution in [3.8, 4) is 23.3 Å². The molecule has 0 N–H and O–H groups in total. The Balaban J connectivity index is 0.00000242. The fourth-order valence-electron chi connectivity index (χ4n) is 2.23. The van der Waals surface area contributed by atoms with E-state index < -0.39 is 0 Å². The molecule has 2 rings (SSSR count). The van der Waals surface area contributed by atoms with Gasteiger partial charge in [0.05, 0.1) is 13.7 Å². The number of piperazine rings is 1. The SMILES string of the molecule is COc1cc(C)ccc1OCC#CCN1CCN(C)CC1.Cl. The van der Waals surface area contributed by atoms with E-state index in [1.807, 2.05) is 25.1 Å². The lowest BCUT2D eigenvalue weighted by Gasteiger charge is -2.30. The van der Waals surface area contributed by atoms with Gasteiger partial charge in [-0.3, -0.25) is 4.90 Å². The van der Waals surface area contributed by atoms with E-state index in [1.54, 1.807) is 7.11 Å². The lowest BCUT2D eigenvalue weighted by molar-refractivity contribution is 0.168. The van der Waals surface area contributed by atoms with Crippen LogP contribution in [0.25, 0.3) is 0 Å². The van der Waals surface area contributed by atoms with Crippen LogP contribution in [0.3, 0.4) is 0 Å². The van der Waals surface area contributed by atoms with Crippen molar-refractivity contribution in [2.24, 2.45) is 0 Å². The Bertz CT molecular complexity index is 517. The summed E-state index contributed by atoms with van der Waals surface area (Å²) in [5.74, 6) is 7.76. The predicted octanol–water partition coefficient (Wildman–Crippen LogP) is 2.06. The van der Waals surface area contributed by atoms with Gasteiger partial charge in [0.2, 0.25) is 0 Å². The minimum Gasteiger partial charge on any atom is -0.493 e. The first-order valence-corrected chi connectivity index (χ1v) is 7.33. The molecule has 0 radical (unpaired) electrons. The van der Waals surface area contributed by atoms with Crippen LogP contribution in [0.15, 0.2) is 18.2 Å². The van der Waals surface area contributed by atoms with Crippen molar-refractivity contribution in [2.75, 3.05) is 53.5 Å². The summed E-state index contributed by atoms with van der Waals surface area (Å²) in [6, 6.07) is 5.90. The first-order valence-electron chi connectivity index (χ1n) is 7.33. The average Bonchev–Trinajstić information content (AvgIpc) is 2.50. The van der Waals surface area contributed by atoms with Crippen LogP contribution in [0.1, 0.15) is 5.56 Å².